The molecule has 1 atom stereocenters. The first-order chi connectivity index (χ1) is 16.5. The maximum absolute atomic E-state index is 14.2. The Hall–Kier alpha value is -3.65. The van der Waals surface area contributed by atoms with E-state index in [1.54, 1.807) is 49.3 Å². The summed E-state index contributed by atoms with van der Waals surface area (Å²) in [5.41, 5.74) is 3.11. The highest BCUT2D eigenvalue weighted by molar-refractivity contribution is 8.02. The van der Waals surface area contributed by atoms with Gasteiger partial charge in [0, 0.05) is 17.3 Å². The van der Waals surface area contributed by atoms with E-state index in [0.717, 1.165) is 22.6 Å². The van der Waals surface area contributed by atoms with Gasteiger partial charge < -0.3 is 19.1 Å². The van der Waals surface area contributed by atoms with Crippen LogP contribution in [-0.4, -0.2) is 38.9 Å². The molecular formula is C26H24N2O5S. The van der Waals surface area contributed by atoms with Crippen molar-refractivity contribution in [1.29, 1.82) is 0 Å². The van der Waals surface area contributed by atoms with E-state index < -0.39 is 4.87 Å². The highest BCUT2D eigenvalue weighted by Crippen LogP contribution is 2.56. The topological polar surface area (TPSA) is 68.3 Å². The van der Waals surface area contributed by atoms with E-state index in [-0.39, 0.29) is 17.6 Å². The zero-order valence-electron chi connectivity index (χ0n) is 19.1. The molecule has 3 aromatic carbocycles. The molecule has 2 aliphatic rings. The van der Waals surface area contributed by atoms with Crippen LogP contribution in [0.1, 0.15) is 11.1 Å². The lowest BCUT2D eigenvalue weighted by Crippen LogP contribution is -2.49. The number of thioether (sulfide) groups is 1. The van der Waals surface area contributed by atoms with E-state index in [2.05, 4.69) is 0 Å². The number of benzene rings is 3. The number of para-hydroxylation sites is 1. The summed E-state index contributed by atoms with van der Waals surface area (Å²) in [7, 11) is 4.72. The van der Waals surface area contributed by atoms with Crippen molar-refractivity contribution in [2.45, 2.75) is 11.4 Å². The average molecular weight is 477 g/mol. The number of amides is 2. The van der Waals surface area contributed by atoms with Crippen LogP contribution in [0.25, 0.3) is 0 Å². The van der Waals surface area contributed by atoms with Crippen molar-refractivity contribution < 1.29 is 23.8 Å². The van der Waals surface area contributed by atoms with Crippen LogP contribution in [0.4, 0.5) is 11.4 Å². The number of carbonyl (C=O) groups is 2. The Bertz CT molecular complexity index is 1280. The predicted octanol–water partition coefficient (Wildman–Crippen LogP) is 4.19. The minimum atomic E-state index is -1.19. The maximum atomic E-state index is 14.2. The number of nitrogens with zero attached hydrogens (tertiary/aromatic N) is 2. The van der Waals surface area contributed by atoms with Gasteiger partial charge in [-0.25, -0.2) is 0 Å². The van der Waals surface area contributed by atoms with Crippen molar-refractivity contribution in [3.63, 3.8) is 0 Å². The molecule has 3 aromatic rings. The minimum Gasteiger partial charge on any atom is -0.497 e. The maximum Gasteiger partial charge on any atom is 0.269 e. The number of methoxy groups -OCH3 is 3. The zero-order chi connectivity index (χ0) is 23.9. The average Bonchev–Trinajstić information content (AvgIpc) is 3.34. The smallest absolute Gasteiger partial charge is 0.269 e. The van der Waals surface area contributed by atoms with E-state index in [4.69, 9.17) is 14.2 Å². The lowest BCUT2D eigenvalue weighted by molar-refractivity contribution is -0.123. The molecule has 0 aromatic heterocycles. The number of ether oxygens (including phenoxy) is 3. The second-order valence-corrected chi connectivity index (χ2v) is 9.13. The van der Waals surface area contributed by atoms with Gasteiger partial charge in [0.25, 0.3) is 5.91 Å². The van der Waals surface area contributed by atoms with Gasteiger partial charge in [-0.3, -0.25) is 14.5 Å². The van der Waals surface area contributed by atoms with Crippen LogP contribution < -0.4 is 24.0 Å². The molecule has 1 saturated heterocycles. The molecule has 0 N–H and O–H groups in total. The second-order valence-electron chi connectivity index (χ2n) is 7.96. The molecule has 0 aliphatic carbocycles. The first-order valence-electron chi connectivity index (χ1n) is 10.8. The number of hydrogen-bond acceptors (Lipinski definition) is 6. The van der Waals surface area contributed by atoms with Crippen LogP contribution in [0, 0.1) is 0 Å². The van der Waals surface area contributed by atoms with Gasteiger partial charge >= 0.3 is 0 Å². The van der Waals surface area contributed by atoms with Crippen LogP contribution in [0.2, 0.25) is 0 Å². The third-order valence-corrected chi connectivity index (χ3v) is 7.55. The summed E-state index contributed by atoms with van der Waals surface area (Å²) in [6, 6.07) is 20.6. The molecule has 5 rings (SSSR count). The molecule has 1 spiro atoms. The number of carbonyl (C=O) groups excluding carboxylic acids is 2. The molecule has 174 valence electrons. The van der Waals surface area contributed by atoms with E-state index >= 15 is 0 Å². The fourth-order valence-electron chi connectivity index (χ4n) is 4.63. The SMILES string of the molecule is COc1cccc(CN2C(=O)[C@@]3(SCC(=O)N3c3ccc(OC)c(OC)c3)c3ccccc32)c1. The van der Waals surface area contributed by atoms with E-state index in [1.165, 1.54) is 11.8 Å². The van der Waals surface area contributed by atoms with Crippen LogP contribution in [0.3, 0.4) is 0 Å². The third-order valence-electron chi connectivity index (χ3n) is 6.16. The summed E-state index contributed by atoms with van der Waals surface area (Å²) >= 11 is 1.35. The minimum absolute atomic E-state index is 0.136. The summed E-state index contributed by atoms with van der Waals surface area (Å²) in [5, 5.41) is 0. The Labute approximate surface area is 202 Å². The largest absolute Gasteiger partial charge is 0.497 e. The monoisotopic (exact) mass is 476 g/mol. The van der Waals surface area contributed by atoms with Crippen molar-refractivity contribution in [1.82, 2.24) is 0 Å². The number of anilines is 2. The number of fused-ring (bicyclic) bond motifs is 2. The van der Waals surface area contributed by atoms with Crippen molar-refractivity contribution in [2.75, 3.05) is 36.9 Å². The van der Waals surface area contributed by atoms with Gasteiger partial charge in [0.1, 0.15) is 5.75 Å². The standard InChI is InChI=1S/C26H24N2O5S/c1-31-19-8-6-7-17(13-19)15-27-21-10-5-4-9-20(21)26(25(27)30)28(24(29)16-34-26)18-11-12-22(32-2)23(14-18)33-3/h4-14H,15-16H2,1-3H3/t26-/m0/s1. The molecule has 2 heterocycles. The zero-order valence-corrected chi connectivity index (χ0v) is 19.9. The van der Waals surface area contributed by atoms with E-state index in [9.17, 15) is 9.59 Å². The molecule has 8 heteroatoms. The van der Waals surface area contributed by atoms with E-state index in [1.807, 2.05) is 48.5 Å². The summed E-state index contributed by atoms with van der Waals surface area (Å²) in [6.07, 6.45) is 0. The Morgan fingerprint density at radius 2 is 1.68 bits per heavy atom. The van der Waals surface area contributed by atoms with Gasteiger partial charge in [-0.1, -0.05) is 30.3 Å². The van der Waals surface area contributed by atoms with Crippen molar-refractivity contribution >= 4 is 35.0 Å². The van der Waals surface area contributed by atoms with Crippen molar-refractivity contribution in [3.8, 4) is 17.2 Å². The first-order valence-corrected chi connectivity index (χ1v) is 11.8. The van der Waals surface area contributed by atoms with Crippen LogP contribution in [-0.2, 0) is 21.0 Å². The predicted molar refractivity (Wildman–Crippen MR) is 132 cm³/mol. The molecule has 2 amide bonds. The van der Waals surface area contributed by atoms with Crippen LogP contribution in [0.15, 0.2) is 66.7 Å². The second kappa shape index (κ2) is 8.61. The first kappa shape index (κ1) is 22.2. The fourth-order valence-corrected chi connectivity index (χ4v) is 5.99. The van der Waals surface area contributed by atoms with Crippen molar-refractivity contribution in [2.24, 2.45) is 0 Å². The van der Waals surface area contributed by atoms with Crippen molar-refractivity contribution in [3.05, 3.63) is 77.9 Å². The molecular weight excluding hydrogens is 452 g/mol. The van der Waals surface area contributed by atoms with Gasteiger partial charge in [0.2, 0.25) is 10.8 Å². The number of hydrogen-bond donors (Lipinski definition) is 0. The summed E-state index contributed by atoms with van der Waals surface area (Å²) < 4.78 is 16.2. The summed E-state index contributed by atoms with van der Waals surface area (Å²) in [5.74, 6) is 1.68. The summed E-state index contributed by atoms with van der Waals surface area (Å²) in [4.78, 5) is 29.6. The Balaban J connectivity index is 1.62. The van der Waals surface area contributed by atoms with Gasteiger partial charge in [-0.2, -0.15) is 0 Å². The Kier molecular flexibility index (Phi) is 5.61. The quantitative estimate of drug-likeness (QED) is 0.532. The molecule has 0 bridgehead atoms. The van der Waals surface area contributed by atoms with E-state index in [0.29, 0.717) is 23.7 Å². The van der Waals surface area contributed by atoms with Crippen LogP contribution >= 0.6 is 11.8 Å². The number of rotatable bonds is 6. The third kappa shape index (κ3) is 3.28. The lowest BCUT2D eigenvalue weighted by Gasteiger charge is -2.33. The Morgan fingerprint density at radius 3 is 2.44 bits per heavy atom. The molecule has 34 heavy (non-hydrogen) atoms. The lowest BCUT2D eigenvalue weighted by atomic mass is 10.0. The Morgan fingerprint density at radius 1 is 0.882 bits per heavy atom. The fraction of sp³-hybridized carbons (Fsp3) is 0.231. The molecule has 1 fully saturated rings. The van der Waals surface area contributed by atoms with Gasteiger partial charge in [-0.05, 0) is 35.9 Å². The molecule has 0 radical (unpaired) electrons. The van der Waals surface area contributed by atoms with Crippen LogP contribution in [0.5, 0.6) is 17.2 Å². The van der Waals surface area contributed by atoms with Gasteiger partial charge in [0.15, 0.2) is 11.5 Å². The van der Waals surface area contributed by atoms with Gasteiger partial charge in [0.05, 0.1) is 39.3 Å². The van der Waals surface area contributed by atoms with Gasteiger partial charge in [-0.15, -0.1) is 11.8 Å². The molecule has 0 saturated carbocycles. The summed E-state index contributed by atoms with van der Waals surface area (Å²) in [6.45, 7) is 0.364. The molecule has 7 nitrogen and oxygen atoms in total. The normalized spacial score (nSPS) is 19.0. The highest BCUT2D eigenvalue weighted by Gasteiger charge is 2.61. The molecule has 0 unspecified atom stereocenters. The molecule has 2 aliphatic heterocycles. The highest BCUT2D eigenvalue weighted by atomic mass is 32.2.